The third-order valence-corrected chi connectivity index (χ3v) is 4.00. The molecule has 0 N–H and O–H groups in total. The number of tetrazole rings is 1. The molecule has 0 saturated heterocycles. The summed E-state index contributed by atoms with van der Waals surface area (Å²) in [6, 6.07) is 4.34. The molecule has 0 atom stereocenters. The predicted octanol–water partition coefficient (Wildman–Crippen LogP) is 2.28. The average Bonchev–Trinajstić information content (AvgIpc) is 3.18. The Kier molecular flexibility index (Phi) is 3.00. The van der Waals surface area contributed by atoms with Crippen molar-refractivity contribution < 1.29 is 0 Å². The fourth-order valence-corrected chi connectivity index (χ4v) is 2.73. The fourth-order valence-electron chi connectivity index (χ4n) is 2.73. The van der Waals surface area contributed by atoms with Gasteiger partial charge in [-0.15, -0.1) is 0 Å². The molecule has 1 aromatic carbocycles. The molecule has 1 saturated carbocycles. The van der Waals surface area contributed by atoms with Crippen LogP contribution in [0.15, 0.2) is 16.9 Å². The summed E-state index contributed by atoms with van der Waals surface area (Å²) < 4.78 is 2.70. The molecule has 0 unspecified atom stereocenters. The number of aryl methyl sites for hydroxylation is 2. The molecular weight excluding hydrogens is 252 g/mol. The lowest BCUT2D eigenvalue weighted by Crippen LogP contribution is -2.23. The Morgan fingerprint density at radius 3 is 2.45 bits per heavy atom. The maximum absolute atomic E-state index is 12.1. The standard InChI is InChI=1S/C15H20N4O/c1-9(2)12-8-14(19-15(20)18(4)16-17-19)13(7-10(12)3)11-5-6-11/h7-9,11H,5-6H2,1-4H3. The van der Waals surface area contributed by atoms with Crippen LogP contribution < -0.4 is 5.69 Å². The van der Waals surface area contributed by atoms with Gasteiger partial charge in [-0.25, -0.2) is 4.79 Å². The van der Waals surface area contributed by atoms with E-state index in [-0.39, 0.29) is 5.69 Å². The van der Waals surface area contributed by atoms with Crippen LogP contribution >= 0.6 is 0 Å². The van der Waals surface area contributed by atoms with Crippen molar-refractivity contribution in [2.45, 2.75) is 45.4 Å². The monoisotopic (exact) mass is 272 g/mol. The zero-order valence-corrected chi connectivity index (χ0v) is 12.4. The minimum Gasteiger partial charge on any atom is -0.244 e. The molecule has 1 aromatic heterocycles. The van der Waals surface area contributed by atoms with Gasteiger partial charge in [0.25, 0.3) is 0 Å². The predicted molar refractivity (Wildman–Crippen MR) is 77.4 cm³/mol. The summed E-state index contributed by atoms with van der Waals surface area (Å²) in [6.07, 6.45) is 2.39. The van der Waals surface area contributed by atoms with E-state index in [1.54, 1.807) is 7.05 Å². The molecule has 1 heterocycles. The Hall–Kier alpha value is -1.91. The van der Waals surface area contributed by atoms with E-state index in [0.29, 0.717) is 11.8 Å². The normalized spacial score (nSPS) is 15.1. The van der Waals surface area contributed by atoms with Gasteiger partial charge in [-0.2, -0.15) is 9.36 Å². The maximum atomic E-state index is 12.1. The van der Waals surface area contributed by atoms with E-state index in [9.17, 15) is 4.79 Å². The molecule has 3 rings (SSSR count). The van der Waals surface area contributed by atoms with Gasteiger partial charge >= 0.3 is 5.69 Å². The Morgan fingerprint density at radius 2 is 1.95 bits per heavy atom. The van der Waals surface area contributed by atoms with E-state index in [0.717, 1.165) is 5.69 Å². The Balaban J connectivity index is 2.24. The van der Waals surface area contributed by atoms with Crippen molar-refractivity contribution in [1.29, 1.82) is 0 Å². The molecule has 1 aliphatic carbocycles. The fraction of sp³-hybridized carbons (Fsp3) is 0.533. The van der Waals surface area contributed by atoms with Gasteiger partial charge in [-0.1, -0.05) is 19.9 Å². The number of benzene rings is 1. The summed E-state index contributed by atoms with van der Waals surface area (Å²) in [4.78, 5) is 12.1. The summed E-state index contributed by atoms with van der Waals surface area (Å²) in [5, 5.41) is 7.83. The van der Waals surface area contributed by atoms with Crippen LogP contribution in [0.1, 0.15) is 55.2 Å². The number of hydrogen-bond donors (Lipinski definition) is 0. The lowest BCUT2D eigenvalue weighted by Gasteiger charge is -2.15. The Bertz CT molecular complexity index is 707. The van der Waals surface area contributed by atoms with Crippen molar-refractivity contribution >= 4 is 0 Å². The first-order chi connectivity index (χ1) is 9.49. The van der Waals surface area contributed by atoms with Crippen LogP contribution in [0.3, 0.4) is 0 Å². The Labute approximate surface area is 118 Å². The van der Waals surface area contributed by atoms with Gasteiger partial charge in [-0.3, -0.25) is 0 Å². The molecule has 0 spiro atoms. The highest BCUT2D eigenvalue weighted by Crippen LogP contribution is 2.43. The summed E-state index contributed by atoms with van der Waals surface area (Å²) >= 11 is 0. The van der Waals surface area contributed by atoms with Crippen molar-refractivity contribution in [1.82, 2.24) is 19.8 Å². The van der Waals surface area contributed by atoms with E-state index < -0.39 is 0 Å². The average molecular weight is 272 g/mol. The Morgan fingerprint density at radius 1 is 1.25 bits per heavy atom. The highest BCUT2D eigenvalue weighted by Gasteiger charge is 2.28. The van der Waals surface area contributed by atoms with Crippen LogP contribution in [0.25, 0.3) is 5.69 Å². The lowest BCUT2D eigenvalue weighted by atomic mass is 9.93. The highest BCUT2D eigenvalue weighted by molar-refractivity contribution is 5.50. The molecule has 0 aliphatic heterocycles. The van der Waals surface area contributed by atoms with E-state index in [2.05, 4.69) is 43.3 Å². The van der Waals surface area contributed by atoms with Gasteiger partial charge in [0.05, 0.1) is 5.69 Å². The SMILES string of the molecule is Cc1cc(C2CC2)c(-n2nnn(C)c2=O)cc1C(C)C. The van der Waals surface area contributed by atoms with Crippen LogP contribution in [-0.4, -0.2) is 19.8 Å². The van der Waals surface area contributed by atoms with E-state index >= 15 is 0 Å². The summed E-state index contributed by atoms with van der Waals surface area (Å²) in [5.74, 6) is 0.994. The van der Waals surface area contributed by atoms with Crippen LogP contribution in [0, 0.1) is 6.92 Å². The van der Waals surface area contributed by atoms with Gasteiger partial charge in [0.15, 0.2) is 0 Å². The molecule has 0 radical (unpaired) electrons. The van der Waals surface area contributed by atoms with E-state index in [1.165, 1.54) is 38.9 Å². The summed E-state index contributed by atoms with van der Waals surface area (Å²) in [7, 11) is 1.63. The molecular formula is C15H20N4O. The van der Waals surface area contributed by atoms with Crippen LogP contribution in [-0.2, 0) is 7.05 Å². The molecule has 20 heavy (non-hydrogen) atoms. The summed E-state index contributed by atoms with van der Waals surface area (Å²) in [6.45, 7) is 6.48. The number of hydrogen-bond acceptors (Lipinski definition) is 3. The van der Waals surface area contributed by atoms with Crippen LogP contribution in [0.2, 0.25) is 0 Å². The van der Waals surface area contributed by atoms with Crippen molar-refractivity contribution in [3.05, 3.63) is 39.3 Å². The zero-order chi connectivity index (χ0) is 14.4. The zero-order valence-electron chi connectivity index (χ0n) is 12.4. The minimum absolute atomic E-state index is 0.189. The number of nitrogens with zero attached hydrogens (tertiary/aromatic N) is 4. The van der Waals surface area contributed by atoms with Gasteiger partial charge in [0, 0.05) is 7.05 Å². The largest absolute Gasteiger partial charge is 0.368 e. The van der Waals surface area contributed by atoms with E-state index in [4.69, 9.17) is 0 Å². The van der Waals surface area contributed by atoms with Gasteiger partial charge in [0.2, 0.25) is 0 Å². The quantitative estimate of drug-likeness (QED) is 0.861. The second kappa shape index (κ2) is 4.58. The summed E-state index contributed by atoms with van der Waals surface area (Å²) in [5.41, 5.74) is 4.50. The first kappa shape index (κ1) is 13.1. The second-order valence-electron chi connectivity index (χ2n) is 5.99. The van der Waals surface area contributed by atoms with Crippen LogP contribution in [0.5, 0.6) is 0 Å². The number of aromatic nitrogens is 4. The third kappa shape index (κ3) is 2.07. The van der Waals surface area contributed by atoms with E-state index in [1.807, 2.05) is 0 Å². The van der Waals surface area contributed by atoms with Gasteiger partial charge in [-0.05, 0) is 64.8 Å². The molecule has 5 nitrogen and oxygen atoms in total. The first-order valence-electron chi connectivity index (χ1n) is 7.13. The topological polar surface area (TPSA) is 52.7 Å². The second-order valence-corrected chi connectivity index (χ2v) is 5.99. The minimum atomic E-state index is -0.189. The van der Waals surface area contributed by atoms with Gasteiger partial charge < -0.3 is 0 Å². The molecule has 5 heteroatoms. The molecule has 1 aliphatic rings. The molecule has 1 fully saturated rings. The third-order valence-electron chi connectivity index (χ3n) is 4.00. The highest BCUT2D eigenvalue weighted by atomic mass is 16.2. The van der Waals surface area contributed by atoms with Crippen LogP contribution in [0.4, 0.5) is 0 Å². The molecule has 0 bridgehead atoms. The smallest absolute Gasteiger partial charge is 0.244 e. The van der Waals surface area contributed by atoms with Crippen molar-refractivity contribution in [2.75, 3.05) is 0 Å². The maximum Gasteiger partial charge on any atom is 0.368 e. The lowest BCUT2D eigenvalue weighted by molar-refractivity contribution is 0.692. The van der Waals surface area contributed by atoms with Crippen molar-refractivity contribution in [3.63, 3.8) is 0 Å². The van der Waals surface area contributed by atoms with Crippen molar-refractivity contribution in [3.8, 4) is 5.69 Å². The molecule has 0 amide bonds. The molecule has 106 valence electrons. The molecule has 2 aromatic rings. The van der Waals surface area contributed by atoms with Gasteiger partial charge in [0.1, 0.15) is 0 Å². The van der Waals surface area contributed by atoms with Crippen molar-refractivity contribution in [2.24, 2.45) is 7.05 Å². The first-order valence-corrected chi connectivity index (χ1v) is 7.13. The number of rotatable bonds is 3.